The van der Waals surface area contributed by atoms with E-state index < -0.39 is 9.84 Å². The van der Waals surface area contributed by atoms with Gasteiger partial charge in [0.15, 0.2) is 9.84 Å². The highest BCUT2D eigenvalue weighted by Gasteiger charge is 2.27. The first-order valence-electron chi connectivity index (χ1n) is 6.21. The third-order valence-electron chi connectivity index (χ3n) is 3.28. The Hall–Kier alpha value is -0.880. The maximum absolute atomic E-state index is 11.9. The highest BCUT2D eigenvalue weighted by Crippen LogP contribution is 2.21. The van der Waals surface area contributed by atoms with Crippen molar-refractivity contribution in [1.82, 2.24) is 5.32 Å². The Labute approximate surface area is 121 Å². The third-order valence-corrected chi connectivity index (χ3v) is 5.81. The molecule has 4 nitrogen and oxygen atoms in total. The van der Waals surface area contributed by atoms with Crippen molar-refractivity contribution < 1.29 is 13.2 Å². The largest absolute Gasteiger partial charge is 0.352 e. The molecule has 0 saturated carbocycles. The Morgan fingerprint density at radius 2 is 2.11 bits per heavy atom. The zero-order chi connectivity index (χ0) is 13.9. The lowest BCUT2D eigenvalue weighted by Crippen LogP contribution is -2.26. The molecule has 0 bridgehead atoms. The van der Waals surface area contributed by atoms with Crippen LogP contribution in [-0.2, 0) is 9.84 Å². The van der Waals surface area contributed by atoms with E-state index >= 15 is 0 Å². The second kappa shape index (κ2) is 6.05. The fourth-order valence-electron chi connectivity index (χ4n) is 2.23. The van der Waals surface area contributed by atoms with E-state index in [9.17, 15) is 13.2 Å². The number of benzene rings is 1. The number of carbonyl (C=O) groups excluding carboxylic acids is 1. The molecular weight excluding hydrogens is 330 g/mol. The van der Waals surface area contributed by atoms with E-state index in [1.165, 1.54) is 0 Å². The van der Waals surface area contributed by atoms with Gasteiger partial charge in [0.25, 0.3) is 5.91 Å². The first-order valence-corrected chi connectivity index (χ1v) is 8.82. The number of hydrogen-bond acceptors (Lipinski definition) is 3. The van der Waals surface area contributed by atoms with Crippen molar-refractivity contribution in [3.63, 3.8) is 0 Å². The van der Waals surface area contributed by atoms with E-state index in [-0.39, 0.29) is 23.3 Å². The summed E-state index contributed by atoms with van der Waals surface area (Å²) in [5.74, 6) is 0.603. The van der Waals surface area contributed by atoms with Crippen LogP contribution in [0, 0.1) is 5.92 Å². The SMILES string of the molecule is O=C(NCCC1CCS(=O)(=O)C1)c1ccccc1Br. The summed E-state index contributed by atoms with van der Waals surface area (Å²) in [6.07, 6.45) is 1.43. The maximum Gasteiger partial charge on any atom is 0.252 e. The number of nitrogens with one attached hydrogen (secondary N) is 1. The molecule has 1 atom stereocenters. The summed E-state index contributed by atoms with van der Waals surface area (Å²) >= 11 is 3.33. The van der Waals surface area contributed by atoms with Crippen LogP contribution in [0.3, 0.4) is 0 Å². The first kappa shape index (κ1) is 14.5. The van der Waals surface area contributed by atoms with E-state index in [2.05, 4.69) is 21.2 Å². The molecule has 2 rings (SSSR count). The van der Waals surface area contributed by atoms with Crippen LogP contribution in [0.1, 0.15) is 23.2 Å². The van der Waals surface area contributed by atoms with Crippen LogP contribution in [-0.4, -0.2) is 32.4 Å². The zero-order valence-corrected chi connectivity index (χ0v) is 12.8. The van der Waals surface area contributed by atoms with Crippen molar-refractivity contribution in [3.05, 3.63) is 34.3 Å². The van der Waals surface area contributed by atoms with Crippen molar-refractivity contribution in [2.45, 2.75) is 12.8 Å². The maximum atomic E-state index is 11.9. The van der Waals surface area contributed by atoms with Gasteiger partial charge in [-0.2, -0.15) is 0 Å². The van der Waals surface area contributed by atoms with E-state index in [0.29, 0.717) is 18.5 Å². The third kappa shape index (κ3) is 4.04. The Morgan fingerprint density at radius 3 is 2.74 bits per heavy atom. The average molecular weight is 346 g/mol. The standard InChI is InChI=1S/C13H16BrNO3S/c14-12-4-2-1-3-11(12)13(16)15-7-5-10-6-8-19(17,18)9-10/h1-4,10H,5-9H2,(H,15,16). The molecule has 1 aromatic rings. The van der Waals surface area contributed by atoms with Gasteiger partial charge in [0.1, 0.15) is 0 Å². The van der Waals surface area contributed by atoms with Crippen molar-refractivity contribution in [2.75, 3.05) is 18.1 Å². The molecule has 19 heavy (non-hydrogen) atoms. The molecule has 0 spiro atoms. The fraction of sp³-hybridized carbons (Fsp3) is 0.462. The van der Waals surface area contributed by atoms with Crippen molar-refractivity contribution in [3.8, 4) is 0 Å². The number of rotatable bonds is 4. The lowest BCUT2D eigenvalue weighted by Gasteiger charge is -2.09. The number of carbonyl (C=O) groups is 1. The predicted octanol–water partition coefficient (Wildman–Crippen LogP) is 2.00. The number of hydrogen-bond donors (Lipinski definition) is 1. The van der Waals surface area contributed by atoms with Gasteiger partial charge in [-0.1, -0.05) is 12.1 Å². The Balaban J connectivity index is 1.81. The van der Waals surface area contributed by atoms with E-state index in [4.69, 9.17) is 0 Å². The minimum atomic E-state index is -2.83. The molecular formula is C13H16BrNO3S. The lowest BCUT2D eigenvalue weighted by atomic mass is 10.1. The summed E-state index contributed by atoms with van der Waals surface area (Å²) in [5, 5.41) is 2.83. The molecule has 6 heteroatoms. The van der Waals surface area contributed by atoms with Gasteiger partial charge in [-0.3, -0.25) is 4.79 Å². The molecule has 1 heterocycles. The van der Waals surface area contributed by atoms with Gasteiger partial charge in [0, 0.05) is 11.0 Å². The molecule has 1 aliphatic rings. The van der Waals surface area contributed by atoms with Crippen LogP contribution in [0.5, 0.6) is 0 Å². The van der Waals surface area contributed by atoms with Crippen LogP contribution in [0.2, 0.25) is 0 Å². The van der Waals surface area contributed by atoms with Crippen LogP contribution in [0.4, 0.5) is 0 Å². The summed E-state index contributed by atoms with van der Waals surface area (Å²) in [7, 11) is -2.83. The fourth-order valence-corrected chi connectivity index (χ4v) is 4.61. The summed E-state index contributed by atoms with van der Waals surface area (Å²) in [5.41, 5.74) is 0.599. The summed E-state index contributed by atoms with van der Waals surface area (Å²) in [6.45, 7) is 0.514. The molecule has 1 aliphatic heterocycles. The Morgan fingerprint density at radius 1 is 1.37 bits per heavy atom. The minimum absolute atomic E-state index is 0.131. The van der Waals surface area contributed by atoms with Gasteiger partial charge < -0.3 is 5.32 Å². The highest BCUT2D eigenvalue weighted by atomic mass is 79.9. The molecule has 0 aromatic heterocycles. The molecule has 0 radical (unpaired) electrons. The summed E-state index contributed by atoms with van der Waals surface area (Å²) in [6, 6.07) is 7.23. The number of amides is 1. The average Bonchev–Trinajstić information content (AvgIpc) is 2.69. The predicted molar refractivity (Wildman–Crippen MR) is 77.9 cm³/mol. The lowest BCUT2D eigenvalue weighted by molar-refractivity contribution is 0.0951. The zero-order valence-electron chi connectivity index (χ0n) is 10.4. The second-order valence-corrected chi connectivity index (χ2v) is 7.88. The topological polar surface area (TPSA) is 63.2 Å². The number of sulfone groups is 1. The van der Waals surface area contributed by atoms with Gasteiger partial charge in [-0.25, -0.2) is 8.42 Å². The number of halogens is 1. The Bertz CT molecular complexity index is 571. The monoisotopic (exact) mass is 345 g/mol. The molecule has 1 fully saturated rings. The van der Waals surface area contributed by atoms with Crippen LogP contribution < -0.4 is 5.32 Å². The molecule has 1 N–H and O–H groups in total. The smallest absolute Gasteiger partial charge is 0.252 e. The van der Waals surface area contributed by atoms with E-state index in [1.807, 2.05) is 18.2 Å². The molecule has 1 saturated heterocycles. The summed E-state index contributed by atoms with van der Waals surface area (Å²) < 4.78 is 23.4. The van der Waals surface area contributed by atoms with Gasteiger partial charge in [-0.05, 0) is 46.8 Å². The van der Waals surface area contributed by atoms with Crippen LogP contribution >= 0.6 is 15.9 Å². The first-order chi connectivity index (χ1) is 8.98. The normalized spacial score (nSPS) is 21.2. The molecule has 1 aromatic carbocycles. The van der Waals surface area contributed by atoms with Crippen molar-refractivity contribution in [2.24, 2.45) is 5.92 Å². The van der Waals surface area contributed by atoms with E-state index in [1.54, 1.807) is 6.07 Å². The van der Waals surface area contributed by atoms with Crippen LogP contribution in [0.25, 0.3) is 0 Å². The van der Waals surface area contributed by atoms with Gasteiger partial charge in [0.2, 0.25) is 0 Å². The van der Waals surface area contributed by atoms with Gasteiger partial charge in [0.05, 0.1) is 17.1 Å². The highest BCUT2D eigenvalue weighted by molar-refractivity contribution is 9.10. The van der Waals surface area contributed by atoms with Crippen molar-refractivity contribution in [1.29, 1.82) is 0 Å². The molecule has 1 amide bonds. The quantitative estimate of drug-likeness (QED) is 0.907. The van der Waals surface area contributed by atoms with Crippen molar-refractivity contribution >= 4 is 31.7 Å². The van der Waals surface area contributed by atoms with Crippen LogP contribution in [0.15, 0.2) is 28.7 Å². The second-order valence-electron chi connectivity index (χ2n) is 4.79. The summed E-state index contributed by atoms with van der Waals surface area (Å²) in [4.78, 5) is 11.9. The Kier molecular flexibility index (Phi) is 4.62. The molecule has 1 unspecified atom stereocenters. The van der Waals surface area contributed by atoms with E-state index in [0.717, 1.165) is 10.9 Å². The van der Waals surface area contributed by atoms with Gasteiger partial charge in [-0.15, -0.1) is 0 Å². The molecule has 0 aliphatic carbocycles. The van der Waals surface area contributed by atoms with Gasteiger partial charge >= 0.3 is 0 Å². The minimum Gasteiger partial charge on any atom is -0.352 e. The molecule has 104 valence electrons.